The quantitative estimate of drug-likeness (QED) is 0.925. The number of ether oxygens (including phenoxy) is 1. The number of aromatic carboxylic acids is 1. The summed E-state index contributed by atoms with van der Waals surface area (Å²) in [5.41, 5.74) is 0.385. The van der Waals surface area contributed by atoms with E-state index in [0.717, 1.165) is 0 Å². The van der Waals surface area contributed by atoms with Crippen LogP contribution in [-0.2, 0) is 0 Å². The summed E-state index contributed by atoms with van der Waals surface area (Å²) >= 11 is 5.94. The number of rotatable bonds is 3. The Morgan fingerprint density at radius 3 is 2.68 bits per heavy atom. The van der Waals surface area contributed by atoms with Crippen LogP contribution >= 0.6 is 11.6 Å². The lowest BCUT2D eigenvalue weighted by Crippen LogP contribution is -2.00. The Morgan fingerprint density at radius 1 is 1.26 bits per heavy atom. The first-order valence-electron chi connectivity index (χ1n) is 5.31. The van der Waals surface area contributed by atoms with Gasteiger partial charge in [-0.05, 0) is 30.3 Å². The Bertz CT molecular complexity index is 677. The van der Waals surface area contributed by atoms with Gasteiger partial charge < -0.3 is 9.84 Å². The molecule has 0 aliphatic carbocycles. The van der Waals surface area contributed by atoms with Crippen molar-refractivity contribution in [3.8, 4) is 17.6 Å². The summed E-state index contributed by atoms with van der Waals surface area (Å²) in [7, 11) is 0. The molecule has 94 valence electrons. The fourth-order valence-corrected chi connectivity index (χ4v) is 1.74. The first kappa shape index (κ1) is 12.9. The second-order valence-corrected chi connectivity index (χ2v) is 4.07. The zero-order valence-corrected chi connectivity index (χ0v) is 10.4. The van der Waals surface area contributed by atoms with Crippen molar-refractivity contribution in [2.75, 3.05) is 0 Å². The summed E-state index contributed by atoms with van der Waals surface area (Å²) in [4.78, 5) is 11.1. The zero-order chi connectivity index (χ0) is 13.8. The lowest BCUT2D eigenvalue weighted by Gasteiger charge is -2.10. The topological polar surface area (TPSA) is 70.3 Å². The number of carbonyl (C=O) groups is 1. The van der Waals surface area contributed by atoms with Gasteiger partial charge in [0.25, 0.3) is 0 Å². The molecule has 0 spiro atoms. The summed E-state index contributed by atoms with van der Waals surface area (Å²) in [6.45, 7) is 0. The Labute approximate surface area is 114 Å². The minimum absolute atomic E-state index is 0.0325. The van der Waals surface area contributed by atoms with Crippen molar-refractivity contribution in [3.63, 3.8) is 0 Å². The number of carboxylic acid groups (broad SMARTS) is 1. The van der Waals surface area contributed by atoms with E-state index in [0.29, 0.717) is 11.3 Å². The van der Waals surface area contributed by atoms with E-state index in [1.165, 1.54) is 24.3 Å². The molecule has 2 rings (SSSR count). The van der Waals surface area contributed by atoms with Crippen molar-refractivity contribution < 1.29 is 14.6 Å². The molecular formula is C14H8ClNO3. The van der Waals surface area contributed by atoms with Gasteiger partial charge in [0.15, 0.2) is 5.75 Å². The third kappa shape index (κ3) is 2.84. The molecule has 0 aromatic heterocycles. The van der Waals surface area contributed by atoms with Crippen molar-refractivity contribution in [1.29, 1.82) is 5.26 Å². The van der Waals surface area contributed by atoms with Crippen LogP contribution in [0, 0.1) is 11.3 Å². The lowest BCUT2D eigenvalue weighted by molar-refractivity contribution is 0.0694. The van der Waals surface area contributed by atoms with E-state index in [9.17, 15) is 4.79 Å². The first-order valence-corrected chi connectivity index (χ1v) is 5.69. The SMILES string of the molecule is N#Cc1cccc(Oc2c(Cl)cccc2C(=O)O)c1. The smallest absolute Gasteiger partial charge is 0.339 e. The number of nitriles is 1. The van der Waals surface area contributed by atoms with E-state index >= 15 is 0 Å². The summed E-state index contributed by atoms with van der Waals surface area (Å²) < 4.78 is 5.48. The molecular weight excluding hydrogens is 266 g/mol. The molecule has 0 saturated carbocycles. The molecule has 1 N–H and O–H groups in total. The maximum Gasteiger partial charge on any atom is 0.339 e. The van der Waals surface area contributed by atoms with E-state index in [1.54, 1.807) is 18.2 Å². The van der Waals surface area contributed by atoms with Crippen molar-refractivity contribution in [2.45, 2.75) is 0 Å². The van der Waals surface area contributed by atoms with Crippen LogP contribution in [0.25, 0.3) is 0 Å². The van der Waals surface area contributed by atoms with Crippen LogP contribution in [-0.4, -0.2) is 11.1 Å². The highest BCUT2D eigenvalue weighted by atomic mass is 35.5. The van der Waals surface area contributed by atoms with Gasteiger partial charge in [0, 0.05) is 0 Å². The molecule has 2 aromatic carbocycles. The standard InChI is InChI=1S/C14H8ClNO3/c15-12-6-2-5-11(14(17)18)13(12)19-10-4-1-3-9(7-10)8-16/h1-7H,(H,17,18). The minimum Gasteiger partial charge on any atom is -0.478 e. The summed E-state index contributed by atoms with van der Waals surface area (Å²) in [6, 6.07) is 12.8. The highest BCUT2D eigenvalue weighted by Gasteiger charge is 2.15. The number of hydrogen-bond donors (Lipinski definition) is 1. The number of hydrogen-bond acceptors (Lipinski definition) is 3. The molecule has 0 heterocycles. The second kappa shape index (κ2) is 5.42. The number of carboxylic acids is 1. The van der Waals surface area contributed by atoms with Gasteiger partial charge in [0.1, 0.15) is 11.3 Å². The molecule has 2 aromatic rings. The van der Waals surface area contributed by atoms with Crippen LogP contribution in [0.5, 0.6) is 11.5 Å². The predicted molar refractivity (Wildman–Crippen MR) is 69.6 cm³/mol. The molecule has 19 heavy (non-hydrogen) atoms. The molecule has 0 fully saturated rings. The maximum atomic E-state index is 11.1. The van der Waals surface area contributed by atoms with E-state index in [2.05, 4.69) is 0 Å². The average Bonchev–Trinajstić information content (AvgIpc) is 2.41. The van der Waals surface area contributed by atoms with E-state index < -0.39 is 5.97 Å². The molecule has 0 unspecified atom stereocenters. The Balaban J connectivity index is 2.43. The van der Waals surface area contributed by atoms with Gasteiger partial charge in [-0.25, -0.2) is 4.79 Å². The lowest BCUT2D eigenvalue weighted by atomic mass is 10.2. The normalized spacial score (nSPS) is 9.68. The fourth-order valence-electron chi connectivity index (χ4n) is 1.53. The van der Waals surface area contributed by atoms with Gasteiger partial charge in [0.2, 0.25) is 0 Å². The Morgan fingerprint density at radius 2 is 2.00 bits per heavy atom. The highest BCUT2D eigenvalue weighted by Crippen LogP contribution is 2.33. The summed E-state index contributed by atoms with van der Waals surface area (Å²) in [5, 5.41) is 18.1. The van der Waals surface area contributed by atoms with Crippen LogP contribution in [0.2, 0.25) is 5.02 Å². The van der Waals surface area contributed by atoms with E-state index in [1.807, 2.05) is 6.07 Å². The molecule has 0 radical (unpaired) electrons. The van der Waals surface area contributed by atoms with Crippen LogP contribution in [0.1, 0.15) is 15.9 Å². The van der Waals surface area contributed by atoms with Crippen LogP contribution < -0.4 is 4.74 Å². The van der Waals surface area contributed by atoms with Crippen LogP contribution in [0.3, 0.4) is 0 Å². The number of benzene rings is 2. The van der Waals surface area contributed by atoms with Gasteiger partial charge in [-0.1, -0.05) is 23.7 Å². The number of para-hydroxylation sites is 1. The van der Waals surface area contributed by atoms with Crippen molar-refractivity contribution in [1.82, 2.24) is 0 Å². The van der Waals surface area contributed by atoms with Crippen molar-refractivity contribution in [3.05, 3.63) is 58.6 Å². The molecule has 0 amide bonds. The fraction of sp³-hybridized carbons (Fsp3) is 0. The predicted octanol–water partition coefficient (Wildman–Crippen LogP) is 3.70. The van der Waals surface area contributed by atoms with Gasteiger partial charge in [-0.15, -0.1) is 0 Å². The first-order chi connectivity index (χ1) is 9.11. The Hall–Kier alpha value is -2.51. The molecule has 0 atom stereocenters. The molecule has 4 nitrogen and oxygen atoms in total. The minimum atomic E-state index is -1.13. The van der Waals surface area contributed by atoms with Gasteiger partial charge in [-0.3, -0.25) is 0 Å². The summed E-state index contributed by atoms with van der Waals surface area (Å²) in [6.07, 6.45) is 0. The number of halogens is 1. The van der Waals surface area contributed by atoms with Gasteiger partial charge >= 0.3 is 5.97 Å². The third-order valence-electron chi connectivity index (χ3n) is 2.38. The third-order valence-corrected chi connectivity index (χ3v) is 2.68. The summed E-state index contributed by atoms with van der Waals surface area (Å²) in [5.74, 6) is -0.713. The highest BCUT2D eigenvalue weighted by molar-refractivity contribution is 6.32. The Kier molecular flexibility index (Phi) is 3.69. The monoisotopic (exact) mass is 273 g/mol. The van der Waals surface area contributed by atoms with Crippen molar-refractivity contribution in [2.24, 2.45) is 0 Å². The van der Waals surface area contributed by atoms with Crippen LogP contribution in [0.15, 0.2) is 42.5 Å². The largest absolute Gasteiger partial charge is 0.478 e. The van der Waals surface area contributed by atoms with Gasteiger partial charge in [-0.2, -0.15) is 5.26 Å². The van der Waals surface area contributed by atoms with E-state index in [4.69, 9.17) is 26.7 Å². The zero-order valence-electron chi connectivity index (χ0n) is 9.63. The molecule has 0 aliphatic rings. The molecule has 0 bridgehead atoms. The maximum absolute atomic E-state index is 11.1. The van der Waals surface area contributed by atoms with Crippen molar-refractivity contribution >= 4 is 17.6 Å². The van der Waals surface area contributed by atoms with E-state index in [-0.39, 0.29) is 16.3 Å². The molecule has 0 aliphatic heterocycles. The van der Waals surface area contributed by atoms with Gasteiger partial charge in [0.05, 0.1) is 16.7 Å². The molecule has 5 heteroatoms. The second-order valence-electron chi connectivity index (χ2n) is 3.66. The number of nitrogens with zero attached hydrogens (tertiary/aromatic N) is 1. The van der Waals surface area contributed by atoms with Crippen LogP contribution in [0.4, 0.5) is 0 Å². The average molecular weight is 274 g/mol. The molecule has 0 saturated heterocycles.